The minimum Gasteiger partial charge on any atom is -0.493 e. The molecule has 0 spiro atoms. The number of fused-ring (bicyclic) bond motifs is 1. The van der Waals surface area contributed by atoms with Gasteiger partial charge >= 0.3 is 0 Å². The number of aliphatic imine (C=N–C) groups is 1. The van der Waals surface area contributed by atoms with Gasteiger partial charge in [0.15, 0.2) is 0 Å². The monoisotopic (exact) mass is 530 g/mol. The Morgan fingerprint density at radius 2 is 1.85 bits per heavy atom. The van der Waals surface area contributed by atoms with Crippen molar-refractivity contribution in [3.63, 3.8) is 0 Å². The van der Waals surface area contributed by atoms with Crippen LogP contribution in [-0.4, -0.2) is 43.3 Å². The standard InChI is InChI=1S/C28H31N5O2.CH5N.CH2O/c1-18(19-5-6-19)35-22-9-7-20(8-10-22)28-25(16-29)24-12-11-23(34-14-13-27(31)32-17-30)15-26(24)33(28)21-3-2-4-21;2*1-2/h7-12,15,17-19,21H,2-6,13-14H2,1H3,(H3,30,31,32);2H2,1H3;1H2. The molecular formula is C30H38N6O3. The second kappa shape index (κ2) is 14.1. The smallest absolute Gasteiger partial charge is 0.121 e. The lowest BCUT2D eigenvalue weighted by Gasteiger charge is -2.30. The van der Waals surface area contributed by atoms with Crippen LogP contribution in [0.1, 0.15) is 57.1 Å². The molecule has 39 heavy (non-hydrogen) atoms. The van der Waals surface area contributed by atoms with Gasteiger partial charge in [-0.2, -0.15) is 5.26 Å². The zero-order valence-corrected chi connectivity index (χ0v) is 22.7. The van der Waals surface area contributed by atoms with Crippen molar-refractivity contribution >= 4 is 29.9 Å². The van der Waals surface area contributed by atoms with Crippen LogP contribution in [0.3, 0.4) is 0 Å². The third kappa shape index (κ3) is 6.84. The Bertz CT molecular complexity index is 1320. The molecule has 2 saturated carbocycles. The zero-order chi connectivity index (χ0) is 28.4. The van der Waals surface area contributed by atoms with Gasteiger partial charge in [0, 0.05) is 23.9 Å². The molecule has 0 bridgehead atoms. The Hall–Kier alpha value is -4.16. The summed E-state index contributed by atoms with van der Waals surface area (Å²) in [5.74, 6) is 2.65. The van der Waals surface area contributed by atoms with Gasteiger partial charge in [0.1, 0.15) is 36.5 Å². The second-order valence-corrected chi connectivity index (χ2v) is 9.50. The van der Waals surface area contributed by atoms with Crippen LogP contribution in [0.4, 0.5) is 0 Å². The van der Waals surface area contributed by atoms with E-state index in [2.05, 4.69) is 40.4 Å². The van der Waals surface area contributed by atoms with E-state index in [-0.39, 0.29) is 6.10 Å². The molecular weight excluding hydrogens is 492 g/mol. The molecule has 0 saturated heterocycles. The minimum atomic E-state index is 0.238. The van der Waals surface area contributed by atoms with Crippen LogP contribution in [0.25, 0.3) is 22.2 Å². The minimum absolute atomic E-state index is 0.238. The SMILES string of the molecule is C=O.CC(Oc1ccc(-c2c(C#N)c3ccc(OCCC(N)=NC=N)cc3n2C2CCC2)cc1)C1CC1.CN. The van der Waals surface area contributed by atoms with Gasteiger partial charge in [-0.15, -0.1) is 0 Å². The summed E-state index contributed by atoms with van der Waals surface area (Å²) in [7, 11) is 1.50. The van der Waals surface area contributed by atoms with Crippen LogP contribution in [0.15, 0.2) is 47.5 Å². The molecule has 0 radical (unpaired) electrons. The highest BCUT2D eigenvalue weighted by Crippen LogP contribution is 2.43. The van der Waals surface area contributed by atoms with Gasteiger partial charge in [0.25, 0.3) is 0 Å². The highest BCUT2D eigenvalue weighted by Gasteiger charge is 2.30. The molecule has 5 N–H and O–H groups in total. The van der Waals surface area contributed by atoms with Crippen LogP contribution >= 0.6 is 0 Å². The Balaban J connectivity index is 0.00000100. The molecule has 1 aromatic heterocycles. The first-order chi connectivity index (χ1) is 19.1. The first kappa shape index (κ1) is 29.4. The van der Waals surface area contributed by atoms with Crippen molar-refractivity contribution in [3.05, 3.63) is 48.0 Å². The predicted molar refractivity (Wildman–Crippen MR) is 156 cm³/mol. The molecule has 1 unspecified atom stereocenters. The third-order valence-electron chi connectivity index (χ3n) is 7.12. The van der Waals surface area contributed by atoms with E-state index in [1.807, 2.05) is 37.1 Å². The molecule has 0 amide bonds. The Morgan fingerprint density at radius 3 is 2.41 bits per heavy atom. The molecule has 3 aromatic rings. The van der Waals surface area contributed by atoms with Crippen LogP contribution in [0.5, 0.6) is 11.5 Å². The van der Waals surface area contributed by atoms with Gasteiger partial charge in [0.05, 0.1) is 29.5 Å². The number of carbonyl (C=O) groups is 1. The fraction of sp³-hybridized carbons (Fsp3) is 0.400. The van der Waals surface area contributed by atoms with Gasteiger partial charge in [-0.05, 0) is 94.0 Å². The maximum absolute atomic E-state index is 10.2. The summed E-state index contributed by atoms with van der Waals surface area (Å²) in [6.45, 7) is 4.51. The number of nitrogens with two attached hydrogens (primary N) is 2. The number of hydrogen-bond acceptors (Lipinski definition) is 6. The van der Waals surface area contributed by atoms with Gasteiger partial charge in [0.2, 0.25) is 0 Å². The van der Waals surface area contributed by atoms with Crippen molar-refractivity contribution in [2.75, 3.05) is 13.7 Å². The van der Waals surface area contributed by atoms with Gasteiger partial charge in [-0.3, -0.25) is 5.41 Å². The number of rotatable bonds is 10. The molecule has 1 heterocycles. The lowest BCUT2D eigenvalue weighted by atomic mass is 9.92. The highest BCUT2D eigenvalue weighted by atomic mass is 16.5. The molecule has 0 aliphatic heterocycles. The number of carbonyl (C=O) groups excluding carboxylic acids is 1. The average molecular weight is 531 g/mol. The van der Waals surface area contributed by atoms with E-state index in [0.717, 1.165) is 52.8 Å². The largest absolute Gasteiger partial charge is 0.493 e. The molecule has 2 fully saturated rings. The number of benzene rings is 2. The summed E-state index contributed by atoms with van der Waals surface area (Å²) >= 11 is 0. The Kier molecular flexibility index (Phi) is 10.6. The fourth-order valence-electron chi connectivity index (χ4n) is 4.79. The van der Waals surface area contributed by atoms with Crippen molar-refractivity contribution in [3.8, 4) is 28.8 Å². The third-order valence-corrected chi connectivity index (χ3v) is 7.12. The van der Waals surface area contributed by atoms with E-state index >= 15 is 0 Å². The summed E-state index contributed by atoms with van der Waals surface area (Å²) in [6.07, 6.45) is 7.52. The maximum atomic E-state index is 10.2. The molecule has 206 valence electrons. The zero-order valence-electron chi connectivity index (χ0n) is 22.7. The van der Waals surface area contributed by atoms with Gasteiger partial charge in [-0.1, -0.05) is 0 Å². The molecule has 1 atom stereocenters. The molecule has 5 rings (SSSR count). The first-order valence-corrected chi connectivity index (χ1v) is 13.2. The van der Waals surface area contributed by atoms with E-state index in [4.69, 9.17) is 25.4 Å². The normalized spacial score (nSPS) is 15.5. The molecule has 9 nitrogen and oxygen atoms in total. The summed E-state index contributed by atoms with van der Waals surface area (Å²) in [4.78, 5) is 11.8. The predicted octanol–water partition coefficient (Wildman–Crippen LogP) is 5.21. The number of nitriles is 1. The number of nitrogens with one attached hydrogen (secondary N) is 1. The maximum Gasteiger partial charge on any atom is 0.121 e. The molecule has 2 aromatic carbocycles. The van der Waals surface area contributed by atoms with Crippen LogP contribution in [-0.2, 0) is 4.79 Å². The van der Waals surface area contributed by atoms with E-state index < -0.39 is 0 Å². The van der Waals surface area contributed by atoms with Crippen LogP contribution < -0.4 is 20.9 Å². The number of ether oxygens (including phenoxy) is 2. The fourth-order valence-corrected chi connectivity index (χ4v) is 4.79. The Morgan fingerprint density at radius 1 is 1.18 bits per heavy atom. The van der Waals surface area contributed by atoms with Crippen molar-refractivity contribution in [2.45, 2.75) is 57.6 Å². The summed E-state index contributed by atoms with van der Waals surface area (Å²) in [6, 6.07) is 16.9. The van der Waals surface area contributed by atoms with Crippen molar-refractivity contribution < 1.29 is 14.3 Å². The van der Waals surface area contributed by atoms with Gasteiger partial charge < -0.3 is 30.3 Å². The number of amidine groups is 1. The number of aromatic nitrogens is 1. The molecule has 2 aliphatic carbocycles. The van der Waals surface area contributed by atoms with Crippen molar-refractivity contribution in [1.29, 1.82) is 10.7 Å². The van der Waals surface area contributed by atoms with E-state index in [0.29, 0.717) is 36.4 Å². The van der Waals surface area contributed by atoms with Crippen LogP contribution in [0.2, 0.25) is 0 Å². The first-order valence-electron chi connectivity index (χ1n) is 13.2. The van der Waals surface area contributed by atoms with Crippen molar-refractivity contribution in [2.24, 2.45) is 22.4 Å². The van der Waals surface area contributed by atoms with E-state index in [1.54, 1.807) is 0 Å². The summed E-state index contributed by atoms with van der Waals surface area (Å²) in [5.41, 5.74) is 14.0. The van der Waals surface area contributed by atoms with Gasteiger partial charge in [-0.25, -0.2) is 4.99 Å². The van der Waals surface area contributed by atoms with Crippen LogP contribution in [0, 0.1) is 22.7 Å². The summed E-state index contributed by atoms with van der Waals surface area (Å²) in [5, 5.41) is 18.1. The Labute approximate surface area is 229 Å². The van der Waals surface area contributed by atoms with E-state index in [1.165, 1.54) is 26.3 Å². The lowest BCUT2D eigenvalue weighted by molar-refractivity contribution is -0.0980. The number of nitrogens with zero attached hydrogens (tertiary/aromatic N) is 3. The molecule has 9 heteroatoms. The lowest BCUT2D eigenvalue weighted by Crippen LogP contribution is -2.18. The highest BCUT2D eigenvalue weighted by molar-refractivity contribution is 5.95. The summed E-state index contributed by atoms with van der Waals surface area (Å²) < 4.78 is 14.4. The molecule has 2 aliphatic rings. The quantitative estimate of drug-likeness (QED) is 0.242. The number of hydrogen-bond donors (Lipinski definition) is 3. The average Bonchev–Trinajstić information content (AvgIpc) is 3.74. The van der Waals surface area contributed by atoms with Crippen molar-refractivity contribution in [1.82, 2.24) is 4.57 Å². The second-order valence-electron chi connectivity index (χ2n) is 9.50. The topological polar surface area (TPSA) is 153 Å². The van der Waals surface area contributed by atoms with E-state index in [9.17, 15) is 5.26 Å².